The van der Waals surface area contributed by atoms with Gasteiger partial charge in [0.1, 0.15) is 0 Å². The Kier molecular flexibility index (Phi) is 4.82. The van der Waals surface area contributed by atoms with E-state index in [1.165, 1.54) is 10.8 Å². The maximum atomic E-state index is 6.26. The molecule has 1 aromatic heterocycles. The van der Waals surface area contributed by atoms with Crippen molar-refractivity contribution in [3.05, 3.63) is 54.7 Å². The van der Waals surface area contributed by atoms with E-state index in [9.17, 15) is 0 Å². The first-order valence-electron chi connectivity index (χ1n) is 9.27. The Balaban J connectivity index is 1.57. The zero-order valence-corrected chi connectivity index (χ0v) is 14.9. The minimum atomic E-state index is 0.161. The Morgan fingerprint density at radius 2 is 1.96 bits per heavy atom. The fourth-order valence-electron chi connectivity index (χ4n) is 3.76. The van der Waals surface area contributed by atoms with E-state index in [2.05, 4.69) is 52.3 Å². The van der Waals surface area contributed by atoms with Gasteiger partial charge in [0.15, 0.2) is 0 Å². The molecule has 134 valence electrons. The topological polar surface area (TPSA) is 81.1 Å². The average Bonchev–Trinajstić information content (AvgIpc) is 3.18. The van der Waals surface area contributed by atoms with Gasteiger partial charge in [-0.15, -0.1) is 0 Å². The van der Waals surface area contributed by atoms with Crippen LogP contribution in [0.4, 0.5) is 5.95 Å². The minimum absolute atomic E-state index is 0.161. The second-order valence-corrected chi connectivity index (χ2v) is 7.04. The summed E-state index contributed by atoms with van der Waals surface area (Å²) in [6.45, 7) is 2.50. The predicted molar refractivity (Wildman–Crippen MR) is 107 cm³/mol. The molecule has 0 aliphatic carbocycles. The van der Waals surface area contributed by atoms with Crippen molar-refractivity contribution < 1.29 is 0 Å². The van der Waals surface area contributed by atoms with E-state index < -0.39 is 0 Å². The normalized spacial score (nSPS) is 18.4. The first kappa shape index (κ1) is 16.9. The second kappa shape index (κ2) is 7.40. The number of hydrogen-bond acceptors (Lipinski definition) is 5. The molecule has 4 rings (SSSR count). The number of nitrogens with two attached hydrogens (primary N) is 2. The summed E-state index contributed by atoms with van der Waals surface area (Å²) in [7, 11) is 0. The molecule has 0 amide bonds. The lowest BCUT2D eigenvalue weighted by Gasteiger charge is -2.20. The first-order valence-corrected chi connectivity index (χ1v) is 9.27. The molecule has 1 saturated heterocycles. The number of nitrogens with zero attached hydrogens (tertiary/aromatic N) is 3. The molecular weight excluding hydrogens is 322 g/mol. The van der Waals surface area contributed by atoms with Gasteiger partial charge in [-0.3, -0.25) is 0 Å². The van der Waals surface area contributed by atoms with E-state index in [1.54, 1.807) is 0 Å². The number of hydrogen-bond donors (Lipinski definition) is 2. The van der Waals surface area contributed by atoms with Crippen LogP contribution in [0, 0.1) is 5.92 Å². The first-order chi connectivity index (χ1) is 12.7. The van der Waals surface area contributed by atoms with Gasteiger partial charge in [-0.1, -0.05) is 36.4 Å². The highest BCUT2D eigenvalue weighted by atomic mass is 15.3. The third kappa shape index (κ3) is 3.41. The van der Waals surface area contributed by atoms with Crippen molar-refractivity contribution in [2.45, 2.75) is 18.9 Å². The Hall–Kier alpha value is -2.50. The van der Waals surface area contributed by atoms with Gasteiger partial charge in [-0.25, -0.2) is 9.97 Å². The van der Waals surface area contributed by atoms with Gasteiger partial charge >= 0.3 is 0 Å². The SMILES string of the molecule is NCCC(N)[C@@H]1CCN(c2nccc(-c3ccc4ccccc4c3)n2)C1. The highest BCUT2D eigenvalue weighted by molar-refractivity contribution is 5.86. The van der Waals surface area contributed by atoms with E-state index in [-0.39, 0.29) is 6.04 Å². The van der Waals surface area contributed by atoms with Gasteiger partial charge in [-0.2, -0.15) is 0 Å². The molecule has 1 fully saturated rings. The summed E-state index contributed by atoms with van der Waals surface area (Å²) in [5.74, 6) is 1.25. The van der Waals surface area contributed by atoms with Crippen LogP contribution in [0.2, 0.25) is 0 Å². The molecule has 0 spiro atoms. The van der Waals surface area contributed by atoms with E-state index in [0.717, 1.165) is 43.1 Å². The molecule has 26 heavy (non-hydrogen) atoms. The molecule has 0 saturated carbocycles. The van der Waals surface area contributed by atoms with Gasteiger partial charge in [-0.05, 0) is 48.2 Å². The molecule has 1 aliphatic heterocycles. The molecule has 0 radical (unpaired) electrons. The van der Waals surface area contributed by atoms with Crippen LogP contribution in [0.25, 0.3) is 22.0 Å². The van der Waals surface area contributed by atoms with E-state index in [4.69, 9.17) is 16.5 Å². The van der Waals surface area contributed by atoms with Crippen LogP contribution in [0.1, 0.15) is 12.8 Å². The fourth-order valence-corrected chi connectivity index (χ4v) is 3.76. The van der Waals surface area contributed by atoms with Crippen LogP contribution in [-0.2, 0) is 0 Å². The molecule has 5 heteroatoms. The second-order valence-electron chi connectivity index (χ2n) is 7.04. The summed E-state index contributed by atoms with van der Waals surface area (Å²) in [6.07, 6.45) is 3.79. The van der Waals surface area contributed by atoms with Gasteiger partial charge < -0.3 is 16.4 Å². The summed E-state index contributed by atoms with van der Waals surface area (Å²) >= 11 is 0. The summed E-state index contributed by atoms with van der Waals surface area (Å²) < 4.78 is 0. The molecule has 1 unspecified atom stereocenters. The summed E-state index contributed by atoms with van der Waals surface area (Å²) in [6, 6.07) is 17.0. The molecule has 0 bridgehead atoms. The van der Waals surface area contributed by atoms with Gasteiger partial charge in [0.25, 0.3) is 0 Å². The summed E-state index contributed by atoms with van der Waals surface area (Å²) in [5.41, 5.74) is 14.0. The third-order valence-corrected chi connectivity index (χ3v) is 5.30. The van der Waals surface area contributed by atoms with Crippen molar-refractivity contribution in [3.63, 3.8) is 0 Å². The molecular formula is C21H25N5. The number of anilines is 1. The van der Waals surface area contributed by atoms with Gasteiger partial charge in [0, 0.05) is 30.9 Å². The number of rotatable bonds is 5. The quantitative estimate of drug-likeness (QED) is 0.742. The van der Waals surface area contributed by atoms with Gasteiger partial charge in [0.05, 0.1) is 5.69 Å². The number of aromatic nitrogens is 2. The molecule has 5 nitrogen and oxygen atoms in total. The lowest BCUT2D eigenvalue weighted by atomic mass is 9.97. The lowest BCUT2D eigenvalue weighted by molar-refractivity contribution is 0.438. The predicted octanol–water partition coefficient (Wildman–Crippen LogP) is 2.80. The summed E-state index contributed by atoms with van der Waals surface area (Å²) in [5, 5.41) is 2.46. The molecule has 2 atom stereocenters. The van der Waals surface area contributed by atoms with Crippen molar-refractivity contribution in [2.24, 2.45) is 17.4 Å². The zero-order valence-electron chi connectivity index (χ0n) is 14.9. The highest BCUT2D eigenvalue weighted by Crippen LogP contribution is 2.27. The molecule has 4 N–H and O–H groups in total. The van der Waals surface area contributed by atoms with Crippen molar-refractivity contribution in [1.29, 1.82) is 0 Å². The van der Waals surface area contributed by atoms with Crippen LogP contribution < -0.4 is 16.4 Å². The minimum Gasteiger partial charge on any atom is -0.340 e. The lowest BCUT2D eigenvalue weighted by Crippen LogP contribution is -2.34. The Bertz CT molecular complexity index is 894. The number of benzene rings is 2. The van der Waals surface area contributed by atoms with Crippen LogP contribution in [0.5, 0.6) is 0 Å². The van der Waals surface area contributed by atoms with Crippen molar-refractivity contribution in [2.75, 3.05) is 24.5 Å². The Morgan fingerprint density at radius 3 is 2.81 bits per heavy atom. The van der Waals surface area contributed by atoms with E-state index >= 15 is 0 Å². The number of fused-ring (bicyclic) bond motifs is 1. The largest absolute Gasteiger partial charge is 0.340 e. The van der Waals surface area contributed by atoms with Gasteiger partial charge in [0.2, 0.25) is 5.95 Å². The molecule has 2 heterocycles. The maximum absolute atomic E-state index is 6.26. The standard InChI is InChI=1S/C21H25N5/c22-10-7-19(23)18-9-12-26(14-18)21-24-11-8-20(25-21)17-6-5-15-3-1-2-4-16(15)13-17/h1-6,8,11,13,18-19H,7,9-10,12,14,22-23H2/t18-,19?/m1/s1. The molecule has 3 aromatic rings. The fraction of sp³-hybridized carbons (Fsp3) is 0.333. The van der Waals surface area contributed by atoms with E-state index in [0.29, 0.717) is 12.5 Å². The third-order valence-electron chi connectivity index (χ3n) is 5.30. The van der Waals surface area contributed by atoms with Crippen LogP contribution in [0.3, 0.4) is 0 Å². The van der Waals surface area contributed by atoms with Crippen molar-refractivity contribution in [1.82, 2.24) is 9.97 Å². The maximum Gasteiger partial charge on any atom is 0.225 e. The van der Waals surface area contributed by atoms with Crippen LogP contribution >= 0.6 is 0 Å². The summed E-state index contributed by atoms with van der Waals surface area (Å²) in [4.78, 5) is 11.6. The molecule has 1 aliphatic rings. The molecule has 2 aromatic carbocycles. The monoisotopic (exact) mass is 347 g/mol. The van der Waals surface area contributed by atoms with Crippen molar-refractivity contribution >= 4 is 16.7 Å². The van der Waals surface area contributed by atoms with Crippen LogP contribution in [0.15, 0.2) is 54.7 Å². The Labute approximate surface area is 154 Å². The van der Waals surface area contributed by atoms with Crippen molar-refractivity contribution in [3.8, 4) is 11.3 Å². The zero-order chi connectivity index (χ0) is 17.9. The Morgan fingerprint density at radius 1 is 1.12 bits per heavy atom. The highest BCUT2D eigenvalue weighted by Gasteiger charge is 2.28. The average molecular weight is 347 g/mol. The smallest absolute Gasteiger partial charge is 0.225 e. The van der Waals surface area contributed by atoms with E-state index in [1.807, 2.05) is 12.3 Å². The van der Waals surface area contributed by atoms with Crippen LogP contribution in [-0.4, -0.2) is 35.6 Å².